The number of hydrogen-bond acceptors (Lipinski definition) is 4. The van der Waals surface area contributed by atoms with Gasteiger partial charge in [-0.3, -0.25) is 0 Å². The number of methoxy groups -OCH3 is 2. The van der Waals surface area contributed by atoms with Gasteiger partial charge in [-0.15, -0.1) is 12.4 Å². The number of halogens is 2. The van der Waals surface area contributed by atoms with E-state index in [4.69, 9.17) is 15.2 Å². The fraction of sp³-hybridized carbons (Fsp3) is 0.625. The molecule has 0 spiro atoms. The minimum Gasteiger partial charge on any atom is -0.495 e. The van der Waals surface area contributed by atoms with Gasteiger partial charge in [-0.1, -0.05) is 19.3 Å². The first-order valence-electron chi connectivity index (χ1n) is 7.43. The van der Waals surface area contributed by atoms with Crippen molar-refractivity contribution in [3.05, 3.63) is 22.2 Å². The molecule has 0 amide bonds. The molecule has 0 bridgehead atoms. The average molecular weight is 395 g/mol. The molecule has 1 saturated carbocycles. The first kappa shape index (κ1) is 19.6. The van der Waals surface area contributed by atoms with Crippen LogP contribution in [0.3, 0.4) is 0 Å². The van der Waals surface area contributed by atoms with Gasteiger partial charge in [-0.05, 0) is 52.4 Å². The van der Waals surface area contributed by atoms with Crippen LogP contribution >= 0.6 is 28.3 Å². The Balaban J connectivity index is 0.00000242. The van der Waals surface area contributed by atoms with Crippen LogP contribution in [-0.4, -0.2) is 25.4 Å². The maximum absolute atomic E-state index is 10.6. The lowest BCUT2D eigenvalue weighted by atomic mass is 9.81. The summed E-state index contributed by atoms with van der Waals surface area (Å²) in [6.07, 6.45) is 5.21. The maximum Gasteiger partial charge on any atom is 0.137 e. The molecule has 4 nitrogen and oxygen atoms in total. The average Bonchev–Trinajstić information content (AvgIpc) is 2.54. The number of nitrogens with two attached hydrogens (primary N) is 1. The topological polar surface area (TPSA) is 64.7 Å². The maximum atomic E-state index is 10.6. The summed E-state index contributed by atoms with van der Waals surface area (Å²) in [6, 6.07) is 3.30. The highest BCUT2D eigenvalue weighted by Gasteiger charge is 2.28. The molecule has 2 atom stereocenters. The SMILES string of the molecule is COc1cc([C@H](N)[C@H](O)C2CCCCC2)cc(OC)c1Br.Cl. The molecule has 1 fully saturated rings. The van der Waals surface area contributed by atoms with Gasteiger partial charge in [0.15, 0.2) is 0 Å². The molecule has 0 heterocycles. The standard InChI is InChI=1S/C16H24BrNO3.ClH/c1-20-12-8-11(9-13(21-2)14(12)17)15(18)16(19)10-6-4-3-5-7-10;/h8-10,15-16,19H,3-7,18H2,1-2H3;1H/t15-,16+;/m0./s1. The van der Waals surface area contributed by atoms with E-state index in [9.17, 15) is 5.11 Å². The van der Waals surface area contributed by atoms with Crippen molar-refractivity contribution in [2.24, 2.45) is 11.7 Å². The fourth-order valence-corrected chi connectivity index (χ4v) is 3.60. The number of aliphatic hydroxyl groups is 1. The zero-order valence-corrected chi connectivity index (χ0v) is 15.5. The van der Waals surface area contributed by atoms with E-state index in [1.807, 2.05) is 12.1 Å². The third-order valence-corrected chi connectivity index (χ3v) is 5.14. The summed E-state index contributed by atoms with van der Waals surface area (Å²) < 4.78 is 11.4. The minimum atomic E-state index is -0.527. The molecule has 0 aromatic heterocycles. The second-order valence-electron chi connectivity index (χ2n) is 5.65. The Morgan fingerprint density at radius 2 is 1.64 bits per heavy atom. The summed E-state index contributed by atoms with van der Waals surface area (Å²) in [6.45, 7) is 0. The van der Waals surface area contributed by atoms with Crippen LogP contribution in [0.1, 0.15) is 43.7 Å². The molecule has 3 N–H and O–H groups in total. The van der Waals surface area contributed by atoms with Crippen LogP contribution in [0, 0.1) is 5.92 Å². The molecule has 0 unspecified atom stereocenters. The van der Waals surface area contributed by atoms with Crippen LogP contribution in [0.5, 0.6) is 11.5 Å². The molecule has 1 aliphatic carbocycles. The van der Waals surface area contributed by atoms with Gasteiger partial charge in [-0.2, -0.15) is 0 Å². The van der Waals surface area contributed by atoms with Crippen LogP contribution in [0.4, 0.5) is 0 Å². The molecule has 0 radical (unpaired) electrons. The van der Waals surface area contributed by atoms with Crippen molar-refractivity contribution in [1.29, 1.82) is 0 Å². The van der Waals surface area contributed by atoms with E-state index in [0.717, 1.165) is 22.9 Å². The van der Waals surface area contributed by atoms with E-state index in [-0.39, 0.29) is 18.3 Å². The van der Waals surface area contributed by atoms with Gasteiger partial charge in [0.25, 0.3) is 0 Å². The summed E-state index contributed by atoms with van der Waals surface area (Å²) in [4.78, 5) is 0. The Morgan fingerprint density at radius 3 is 2.09 bits per heavy atom. The van der Waals surface area contributed by atoms with Crippen molar-refractivity contribution in [3.8, 4) is 11.5 Å². The molecule has 22 heavy (non-hydrogen) atoms. The highest BCUT2D eigenvalue weighted by Crippen LogP contribution is 2.39. The summed E-state index contributed by atoms with van der Waals surface area (Å²) in [5.74, 6) is 1.61. The van der Waals surface area contributed by atoms with Gasteiger partial charge in [0.2, 0.25) is 0 Å². The van der Waals surface area contributed by atoms with E-state index in [1.165, 1.54) is 19.3 Å². The first-order valence-corrected chi connectivity index (χ1v) is 8.22. The molecule has 126 valence electrons. The third kappa shape index (κ3) is 4.28. The minimum absolute atomic E-state index is 0. The Labute approximate surface area is 146 Å². The quantitative estimate of drug-likeness (QED) is 0.796. The third-order valence-electron chi connectivity index (χ3n) is 4.35. The van der Waals surface area contributed by atoms with Gasteiger partial charge < -0.3 is 20.3 Å². The molecule has 1 aromatic rings. The Morgan fingerprint density at radius 1 is 1.14 bits per heavy atom. The van der Waals surface area contributed by atoms with Gasteiger partial charge >= 0.3 is 0 Å². The highest BCUT2D eigenvalue weighted by atomic mass is 79.9. The second-order valence-corrected chi connectivity index (χ2v) is 6.45. The van der Waals surface area contributed by atoms with Crippen LogP contribution in [-0.2, 0) is 0 Å². The van der Waals surface area contributed by atoms with Crippen molar-refractivity contribution in [2.45, 2.75) is 44.2 Å². The van der Waals surface area contributed by atoms with E-state index in [2.05, 4.69) is 15.9 Å². The Kier molecular flexibility index (Phi) is 7.97. The smallest absolute Gasteiger partial charge is 0.137 e. The molecule has 6 heteroatoms. The van der Waals surface area contributed by atoms with Crippen LogP contribution in [0.2, 0.25) is 0 Å². The van der Waals surface area contributed by atoms with Gasteiger partial charge in [0.05, 0.1) is 26.4 Å². The Hall–Kier alpha value is -0.490. The second kappa shape index (κ2) is 8.96. The van der Waals surface area contributed by atoms with Gasteiger partial charge in [0.1, 0.15) is 16.0 Å². The van der Waals surface area contributed by atoms with Crippen molar-refractivity contribution in [3.63, 3.8) is 0 Å². The molecule has 0 aliphatic heterocycles. The fourth-order valence-electron chi connectivity index (χ4n) is 3.05. The molecular formula is C16H25BrClNO3. The van der Waals surface area contributed by atoms with Crippen molar-refractivity contribution in [2.75, 3.05) is 14.2 Å². The van der Waals surface area contributed by atoms with E-state index in [0.29, 0.717) is 11.5 Å². The van der Waals surface area contributed by atoms with Gasteiger partial charge in [0, 0.05) is 0 Å². The normalized spacial score (nSPS) is 18.2. The zero-order valence-electron chi connectivity index (χ0n) is 13.0. The summed E-state index contributed by atoms with van der Waals surface area (Å²) in [5.41, 5.74) is 7.13. The van der Waals surface area contributed by atoms with Gasteiger partial charge in [-0.25, -0.2) is 0 Å². The number of ether oxygens (including phenoxy) is 2. The van der Waals surface area contributed by atoms with Crippen LogP contribution in [0.25, 0.3) is 0 Å². The van der Waals surface area contributed by atoms with Crippen molar-refractivity contribution >= 4 is 28.3 Å². The lowest BCUT2D eigenvalue weighted by Crippen LogP contribution is -2.34. The number of benzene rings is 1. The van der Waals surface area contributed by atoms with E-state index in [1.54, 1.807) is 14.2 Å². The van der Waals surface area contributed by atoms with E-state index < -0.39 is 12.1 Å². The summed E-state index contributed by atoms with van der Waals surface area (Å²) in [7, 11) is 3.21. The largest absolute Gasteiger partial charge is 0.495 e. The number of aliphatic hydroxyl groups excluding tert-OH is 1. The predicted molar refractivity (Wildman–Crippen MR) is 94.0 cm³/mol. The lowest BCUT2D eigenvalue weighted by Gasteiger charge is -2.31. The number of rotatable bonds is 5. The monoisotopic (exact) mass is 393 g/mol. The Bertz CT molecular complexity index is 455. The predicted octanol–water partition coefficient (Wildman–Crippen LogP) is 3.83. The molecule has 1 aliphatic rings. The molecular weight excluding hydrogens is 370 g/mol. The van der Waals surface area contributed by atoms with Crippen molar-refractivity contribution < 1.29 is 14.6 Å². The van der Waals surface area contributed by atoms with Crippen LogP contribution < -0.4 is 15.2 Å². The zero-order chi connectivity index (χ0) is 15.4. The molecule has 1 aromatic carbocycles. The summed E-state index contributed by atoms with van der Waals surface area (Å²) >= 11 is 3.45. The van der Waals surface area contributed by atoms with E-state index >= 15 is 0 Å². The van der Waals surface area contributed by atoms with Crippen molar-refractivity contribution in [1.82, 2.24) is 0 Å². The molecule has 2 rings (SSSR count). The first-order chi connectivity index (χ1) is 10.1. The number of hydrogen-bond donors (Lipinski definition) is 2. The van der Waals surface area contributed by atoms with Crippen LogP contribution in [0.15, 0.2) is 16.6 Å². The summed E-state index contributed by atoms with van der Waals surface area (Å²) in [5, 5.41) is 10.6. The lowest BCUT2D eigenvalue weighted by molar-refractivity contribution is 0.0617. The molecule has 0 saturated heterocycles. The highest BCUT2D eigenvalue weighted by molar-refractivity contribution is 9.10.